The van der Waals surface area contributed by atoms with Gasteiger partial charge in [-0.05, 0) is 53.6 Å². The number of aliphatic hydroxyl groups excluding tert-OH is 1. The molecule has 0 aliphatic carbocycles. The Morgan fingerprint density at radius 3 is 2.22 bits per heavy atom. The number of nitrogens with zero attached hydrogens (tertiary/aromatic N) is 1. The molecule has 0 aliphatic heterocycles. The summed E-state index contributed by atoms with van der Waals surface area (Å²) in [6.07, 6.45) is 4.27. The minimum Gasteiger partial charge on any atom is -0.487 e. The first-order valence-electron chi connectivity index (χ1n) is 9.52. The summed E-state index contributed by atoms with van der Waals surface area (Å²) in [6, 6.07) is 22.3. The second kappa shape index (κ2) is 9.33. The molecule has 2 aromatic carbocycles. The van der Waals surface area contributed by atoms with Crippen LogP contribution < -0.4 is 4.74 Å². The Balaban J connectivity index is 1.63. The summed E-state index contributed by atoms with van der Waals surface area (Å²) in [5, 5.41) is 10.7. The second-order valence-corrected chi connectivity index (χ2v) is 7.18. The van der Waals surface area contributed by atoms with Gasteiger partial charge in [0.25, 0.3) is 0 Å². The minimum atomic E-state index is -0.529. The summed E-state index contributed by atoms with van der Waals surface area (Å²) in [7, 11) is 0. The molecular weight excluding hydrogens is 334 g/mol. The number of aliphatic hydroxyl groups is 1. The highest BCUT2D eigenvalue weighted by atomic mass is 16.5. The van der Waals surface area contributed by atoms with Gasteiger partial charge in [0.15, 0.2) is 0 Å². The van der Waals surface area contributed by atoms with Crippen molar-refractivity contribution in [3.8, 4) is 16.9 Å². The largest absolute Gasteiger partial charge is 0.487 e. The van der Waals surface area contributed by atoms with E-state index in [9.17, 15) is 5.11 Å². The van der Waals surface area contributed by atoms with Crippen LogP contribution in [0.15, 0.2) is 79.1 Å². The van der Waals surface area contributed by atoms with Crippen LogP contribution >= 0.6 is 0 Å². The Morgan fingerprint density at radius 1 is 0.889 bits per heavy atom. The second-order valence-electron chi connectivity index (χ2n) is 7.18. The van der Waals surface area contributed by atoms with Gasteiger partial charge >= 0.3 is 0 Å². The summed E-state index contributed by atoms with van der Waals surface area (Å²) in [4.78, 5) is 4.13. The molecule has 0 aliphatic rings. The van der Waals surface area contributed by atoms with E-state index in [4.69, 9.17) is 4.74 Å². The van der Waals surface area contributed by atoms with E-state index in [0.717, 1.165) is 23.3 Å². The summed E-state index contributed by atoms with van der Waals surface area (Å²) in [6.45, 7) is 4.16. The Hall–Kier alpha value is -2.65. The molecule has 1 N–H and O–H groups in total. The highest BCUT2D eigenvalue weighted by Gasteiger charge is 2.24. The molecule has 0 amide bonds. The molecule has 0 spiro atoms. The topological polar surface area (TPSA) is 42.4 Å². The van der Waals surface area contributed by atoms with Crippen molar-refractivity contribution in [2.24, 2.45) is 5.92 Å². The number of aryl methyl sites for hydroxylation is 1. The third-order valence-corrected chi connectivity index (χ3v) is 4.72. The van der Waals surface area contributed by atoms with E-state index < -0.39 is 6.10 Å². The van der Waals surface area contributed by atoms with Crippen molar-refractivity contribution in [1.29, 1.82) is 0 Å². The highest BCUT2D eigenvalue weighted by molar-refractivity contribution is 5.63. The molecule has 3 aromatic rings. The lowest BCUT2D eigenvalue weighted by atomic mass is 9.96. The lowest BCUT2D eigenvalue weighted by Gasteiger charge is -2.27. The molecule has 1 heterocycles. The molecule has 27 heavy (non-hydrogen) atoms. The van der Waals surface area contributed by atoms with Crippen LogP contribution in [0, 0.1) is 5.92 Å². The van der Waals surface area contributed by atoms with Crippen molar-refractivity contribution in [3.05, 3.63) is 84.7 Å². The van der Waals surface area contributed by atoms with Crippen molar-refractivity contribution >= 4 is 0 Å². The van der Waals surface area contributed by atoms with E-state index in [1.165, 1.54) is 5.56 Å². The first-order valence-corrected chi connectivity index (χ1v) is 9.52. The number of benzene rings is 2. The van der Waals surface area contributed by atoms with E-state index in [1.54, 1.807) is 6.20 Å². The van der Waals surface area contributed by atoms with Crippen molar-refractivity contribution < 1.29 is 9.84 Å². The maximum absolute atomic E-state index is 10.7. The fraction of sp³-hybridized carbons (Fsp3) is 0.292. The molecule has 2 atom stereocenters. The van der Waals surface area contributed by atoms with Crippen molar-refractivity contribution in [2.45, 2.75) is 38.9 Å². The summed E-state index contributed by atoms with van der Waals surface area (Å²) >= 11 is 0. The van der Waals surface area contributed by atoms with Crippen molar-refractivity contribution in [1.82, 2.24) is 4.98 Å². The zero-order valence-electron chi connectivity index (χ0n) is 16.0. The number of rotatable bonds is 8. The predicted molar refractivity (Wildman–Crippen MR) is 110 cm³/mol. The minimum absolute atomic E-state index is 0.211. The molecule has 1 aromatic heterocycles. The molecule has 3 heteroatoms. The summed E-state index contributed by atoms with van der Waals surface area (Å²) in [5.41, 5.74) is 3.47. The van der Waals surface area contributed by atoms with Gasteiger partial charge in [0, 0.05) is 12.4 Å². The van der Waals surface area contributed by atoms with Crippen LogP contribution in [0.25, 0.3) is 11.1 Å². The Kier molecular flexibility index (Phi) is 6.61. The van der Waals surface area contributed by atoms with Crippen molar-refractivity contribution in [3.63, 3.8) is 0 Å². The smallest absolute Gasteiger partial charge is 0.127 e. The lowest BCUT2D eigenvalue weighted by molar-refractivity contribution is 0.00486. The van der Waals surface area contributed by atoms with Gasteiger partial charge in [0.2, 0.25) is 0 Å². The van der Waals surface area contributed by atoms with Gasteiger partial charge in [0.05, 0.1) is 6.10 Å². The number of hydrogen-bond donors (Lipinski definition) is 1. The maximum atomic E-state index is 10.7. The first kappa shape index (κ1) is 19.1. The van der Waals surface area contributed by atoms with Crippen molar-refractivity contribution in [2.75, 3.05) is 0 Å². The molecule has 140 valence electrons. The molecule has 0 saturated heterocycles. The lowest BCUT2D eigenvalue weighted by Crippen LogP contribution is -2.36. The first-order chi connectivity index (χ1) is 13.1. The van der Waals surface area contributed by atoms with E-state index in [0.29, 0.717) is 6.42 Å². The van der Waals surface area contributed by atoms with Gasteiger partial charge in [-0.1, -0.05) is 62.4 Å². The quantitative estimate of drug-likeness (QED) is 0.604. The third kappa shape index (κ3) is 5.41. The summed E-state index contributed by atoms with van der Waals surface area (Å²) < 4.78 is 6.15. The molecule has 0 radical (unpaired) electrons. The normalized spacial score (nSPS) is 13.3. The zero-order chi connectivity index (χ0) is 19.1. The van der Waals surface area contributed by atoms with Gasteiger partial charge in [-0.3, -0.25) is 4.98 Å². The van der Waals surface area contributed by atoms with Crippen LogP contribution in [0.1, 0.15) is 25.8 Å². The fourth-order valence-corrected chi connectivity index (χ4v) is 3.20. The van der Waals surface area contributed by atoms with E-state index in [1.807, 2.05) is 48.7 Å². The number of aromatic nitrogens is 1. The number of ether oxygens (including phenoxy) is 1. The van der Waals surface area contributed by atoms with Gasteiger partial charge in [-0.15, -0.1) is 0 Å². The van der Waals surface area contributed by atoms with Gasteiger partial charge in [-0.2, -0.15) is 0 Å². The Bertz CT molecular complexity index is 801. The van der Waals surface area contributed by atoms with Crippen LogP contribution in [0.5, 0.6) is 5.75 Å². The molecular formula is C24H27NO2. The van der Waals surface area contributed by atoms with E-state index in [-0.39, 0.29) is 12.0 Å². The van der Waals surface area contributed by atoms with Gasteiger partial charge < -0.3 is 9.84 Å². The third-order valence-electron chi connectivity index (χ3n) is 4.72. The molecule has 3 rings (SSSR count). The van der Waals surface area contributed by atoms with Gasteiger partial charge in [-0.25, -0.2) is 0 Å². The maximum Gasteiger partial charge on any atom is 0.127 e. The summed E-state index contributed by atoms with van der Waals surface area (Å²) in [5.74, 6) is 0.997. The average molecular weight is 361 g/mol. The fourth-order valence-electron chi connectivity index (χ4n) is 3.20. The van der Waals surface area contributed by atoms with Crippen LogP contribution in [0.4, 0.5) is 0 Å². The highest BCUT2D eigenvalue weighted by Crippen LogP contribution is 2.25. The Labute approximate surface area is 161 Å². The predicted octanol–water partition coefficient (Wildman–Crippen LogP) is 5.15. The molecule has 0 saturated carbocycles. The van der Waals surface area contributed by atoms with Crippen LogP contribution in [0.2, 0.25) is 0 Å². The standard InChI is InChI=1S/C24H27NO2/c1-18(2)24(23(26)15-10-19-7-6-16-25-17-19)27-22-13-11-21(12-14-22)20-8-4-3-5-9-20/h3-9,11-14,16-18,23-24,26H,10,15H2,1-2H3/t23-,24-/m0/s1. The molecule has 0 fully saturated rings. The van der Waals surface area contributed by atoms with E-state index in [2.05, 4.69) is 43.1 Å². The van der Waals surface area contributed by atoms with Crippen LogP contribution in [-0.4, -0.2) is 22.3 Å². The monoisotopic (exact) mass is 361 g/mol. The molecule has 0 bridgehead atoms. The van der Waals surface area contributed by atoms with E-state index >= 15 is 0 Å². The molecule has 0 unspecified atom stereocenters. The number of hydrogen-bond acceptors (Lipinski definition) is 3. The Morgan fingerprint density at radius 2 is 1.59 bits per heavy atom. The van der Waals surface area contributed by atoms with Crippen LogP contribution in [0.3, 0.4) is 0 Å². The average Bonchev–Trinajstić information content (AvgIpc) is 2.72. The number of pyridine rings is 1. The molecule has 3 nitrogen and oxygen atoms in total. The van der Waals surface area contributed by atoms with Crippen LogP contribution in [-0.2, 0) is 6.42 Å². The zero-order valence-corrected chi connectivity index (χ0v) is 16.0. The van der Waals surface area contributed by atoms with Gasteiger partial charge in [0.1, 0.15) is 11.9 Å². The SMILES string of the molecule is CC(C)[C@H](Oc1ccc(-c2ccccc2)cc1)[C@@H](O)CCc1cccnc1.